The van der Waals surface area contributed by atoms with E-state index in [1.807, 2.05) is 0 Å². The number of carbonyl (C=O) groups is 2. The van der Waals surface area contributed by atoms with Gasteiger partial charge in [0.1, 0.15) is 6.04 Å². The second-order valence-corrected chi connectivity index (χ2v) is 6.03. The highest BCUT2D eigenvalue weighted by Gasteiger charge is 2.48. The SMILES string of the molecule is CC(=O)N1CC(NC(=O)C2(C)COC2)CCC1C(F)(F)F. The van der Waals surface area contributed by atoms with Crippen LogP contribution in [0.4, 0.5) is 13.2 Å². The van der Waals surface area contributed by atoms with Gasteiger partial charge in [0, 0.05) is 19.5 Å². The molecule has 0 aromatic heterocycles. The first-order valence-electron chi connectivity index (χ1n) is 6.86. The summed E-state index contributed by atoms with van der Waals surface area (Å²) in [5, 5.41) is 2.74. The molecule has 2 saturated heterocycles. The van der Waals surface area contributed by atoms with Gasteiger partial charge in [0.15, 0.2) is 0 Å². The first kappa shape index (κ1) is 16.1. The van der Waals surface area contributed by atoms with Gasteiger partial charge in [0.25, 0.3) is 0 Å². The van der Waals surface area contributed by atoms with Crippen LogP contribution in [0.2, 0.25) is 0 Å². The van der Waals surface area contributed by atoms with E-state index in [2.05, 4.69) is 5.32 Å². The Balaban J connectivity index is 1.99. The third-order valence-corrected chi connectivity index (χ3v) is 4.09. The molecule has 2 heterocycles. The number of likely N-dealkylation sites (tertiary alicyclic amines) is 1. The second kappa shape index (κ2) is 5.47. The molecule has 0 radical (unpaired) electrons. The maximum absolute atomic E-state index is 12.9. The summed E-state index contributed by atoms with van der Waals surface area (Å²) in [5.41, 5.74) is -0.609. The highest BCUT2D eigenvalue weighted by molar-refractivity contribution is 5.83. The quantitative estimate of drug-likeness (QED) is 0.830. The third-order valence-electron chi connectivity index (χ3n) is 4.09. The molecule has 2 aliphatic heterocycles. The molecule has 0 aliphatic carbocycles. The van der Waals surface area contributed by atoms with Crippen LogP contribution in [-0.4, -0.2) is 54.7 Å². The summed E-state index contributed by atoms with van der Waals surface area (Å²) in [4.78, 5) is 24.3. The molecule has 0 spiro atoms. The van der Waals surface area contributed by atoms with Gasteiger partial charge in [-0.1, -0.05) is 0 Å². The third kappa shape index (κ3) is 3.30. The van der Waals surface area contributed by atoms with E-state index in [-0.39, 0.29) is 25.3 Å². The minimum atomic E-state index is -4.44. The number of halogens is 3. The van der Waals surface area contributed by atoms with Crippen LogP contribution in [0.5, 0.6) is 0 Å². The highest BCUT2D eigenvalue weighted by atomic mass is 19.4. The molecular formula is C13H19F3N2O3. The fourth-order valence-corrected chi connectivity index (χ4v) is 2.68. The Morgan fingerprint density at radius 3 is 2.33 bits per heavy atom. The summed E-state index contributed by atoms with van der Waals surface area (Å²) in [5.74, 6) is -0.859. The lowest BCUT2D eigenvalue weighted by molar-refractivity contribution is -0.197. The molecule has 1 N–H and O–H groups in total. The number of piperidine rings is 1. The van der Waals surface area contributed by atoms with E-state index in [4.69, 9.17) is 4.74 Å². The maximum atomic E-state index is 12.9. The summed E-state index contributed by atoms with van der Waals surface area (Å²) >= 11 is 0. The molecule has 2 aliphatic rings. The zero-order valence-corrected chi connectivity index (χ0v) is 12.0. The molecule has 2 atom stereocenters. The molecule has 2 unspecified atom stereocenters. The van der Waals surface area contributed by atoms with E-state index in [1.165, 1.54) is 0 Å². The van der Waals surface area contributed by atoms with Gasteiger partial charge in [-0.3, -0.25) is 9.59 Å². The molecular weight excluding hydrogens is 289 g/mol. The zero-order valence-electron chi connectivity index (χ0n) is 12.0. The van der Waals surface area contributed by atoms with E-state index in [9.17, 15) is 22.8 Å². The number of amides is 2. The predicted octanol–water partition coefficient (Wildman–Crippen LogP) is 1.08. The van der Waals surface area contributed by atoms with E-state index >= 15 is 0 Å². The molecule has 0 aromatic carbocycles. The number of alkyl halides is 3. The molecule has 2 fully saturated rings. The van der Waals surface area contributed by atoms with Crippen molar-refractivity contribution in [2.75, 3.05) is 19.8 Å². The average Bonchev–Trinajstić information content (AvgIpc) is 2.34. The minimum absolute atomic E-state index is 0.109. The normalized spacial score (nSPS) is 28.7. The summed E-state index contributed by atoms with van der Waals surface area (Å²) < 4.78 is 43.7. The van der Waals surface area contributed by atoms with Crippen LogP contribution >= 0.6 is 0 Å². The summed E-state index contributed by atoms with van der Waals surface area (Å²) in [6.45, 7) is 3.38. The molecule has 2 amide bonds. The van der Waals surface area contributed by atoms with Crippen molar-refractivity contribution in [3.8, 4) is 0 Å². The lowest BCUT2D eigenvalue weighted by atomic mass is 9.86. The Kier molecular flexibility index (Phi) is 4.19. The Hall–Kier alpha value is -1.31. The largest absolute Gasteiger partial charge is 0.408 e. The molecule has 0 bridgehead atoms. The molecule has 0 saturated carbocycles. The van der Waals surface area contributed by atoms with E-state index in [1.54, 1.807) is 6.92 Å². The smallest absolute Gasteiger partial charge is 0.379 e. The van der Waals surface area contributed by atoms with Crippen molar-refractivity contribution >= 4 is 11.8 Å². The van der Waals surface area contributed by atoms with E-state index in [0.29, 0.717) is 13.2 Å². The summed E-state index contributed by atoms with van der Waals surface area (Å²) in [6, 6.07) is -2.21. The monoisotopic (exact) mass is 308 g/mol. The Morgan fingerprint density at radius 2 is 1.90 bits per heavy atom. The van der Waals surface area contributed by atoms with Gasteiger partial charge in [-0.2, -0.15) is 13.2 Å². The second-order valence-electron chi connectivity index (χ2n) is 6.03. The van der Waals surface area contributed by atoms with Gasteiger partial charge >= 0.3 is 6.18 Å². The molecule has 5 nitrogen and oxygen atoms in total. The van der Waals surface area contributed by atoms with Crippen LogP contribution in [-0.2, 0) is 14.3 Å². The number of ether oxygens (including phenoxy) is 1. The number of nitrogens with zero attached hydrogens (tertiary/aromatic N) is 1. The van der Waals surface area contributed by atoms with Crippen molar-refractivity contribution in [3.63, 3.8) is 0 Å². The van der Waals surface area contributed by atoms with E-state index < -0.39 is 29.6 Å². The van der Waals surface area contributed by atoms with Crippen LogP contribution in [0.1, 0.15) is 26.7 Å². The first-order valence-corrected chi connectivity index (χ1v) is 6.86. The number of carbonyl (C=O) groups excluding carboxylic acids is 2. The van der Waals surface area contributed by atoms with Gasteiger partial charge < -0.3 is 15.0 Å². The van der Waals surface area contributed by atoms with Crippen LogP contribution in [0.15, 0.2) is 0 Å². The van der Waals surface area contributed by atoms with Crippen molar-refractivity contribution in [2.24, 2.45) is 5.41 Å². The molecule has 0 aromatic rings. The zero-order chi connectivity index (χ0) is 15.8. The van der Waals surface area contributed by atoms with Gasteiger partial charge in [0.05, 0.1) is 18.6 Å². The van der Waals surface area contributed by atoms with Crippen molar-refractivity contribution in [1.82, 2.24) is 10.2 Å². The van der Waals surface area contributed by atoms with Gasteiger partial charge in [-0.25, -0.2) is 0 Å². The van der Waals surface area contributed by atoms with Crippen molar-refractivity contribution in [3.05, 3.63) is 0 Å². The Labute approximate surface area is 120 Å². The van der Waals surface area contributed by atoms with Crippen molar-refractivity contribution in [2.45, 2.75) is 44.9 Å². The highest BCUT2D eigenvalue weighted by Crippen LogP contribution is 2.33. The number of rotatable bonds is 2. The fourth-order valence-electron chi connectivity index (χ4n) is 2.68. The van der Waals surface area contributed by atoms with Crippen LogP contribution in [0, 0.1) is 5.41 Å². The van der Waals surface area contributed by atoms with Gasteiger partial charge in [-0.15, -0.1) is 0 Å². The number of hydrogen-bond donors (Lipinski definition) is 1. The van der Waals surface area contributed by atoms with Crippen LogP contribution < -0.4 is 5.32 Å². The molecule has 120 valence electrons. The summed E-state index contributed by atoms with van der Waals surface area (Å²) in [7, 11) is 0. The first-order chi connectivity index (χ1) is 9.63. The van der Waals surface area contributed by atoms with Crippen LogP contribution in [0.3, 0.4) is 0 Å². The molecule has 8 heteroatoms. The molecule has 21 heavy (non-hydrogen) atoms. The predicted molar refractivity (Wildman–Crippen MR) is 67.3 cm³/mol. The van der Waals surface area contributed by atoms with Gasteiger partial charge in [0.2, 0.25) is 11.8 Å². The standard InChI is InChI=1S/C13H19F3N2O3/c1-8(19)18-5-9(3-4-10(18)13(14,15)16)17-11(20)12(2)6-21-7-12/h9-10H,3-7H2,1-2H3,(H,17,20). The van der Waals surface area contributed by atoms with Crippen LogP contribution in [0.25, 0.3) is 0 Å². The lowest BCUT2D eigenvalue weighted by Crippen LogP contribution is -2.60. The summed E-state index contributed by atoms with van der Waals surface area (Å²) in [6.07, 6.45) is -4.42. The lowest BCUT2D eigenvalue weighted by Gasteiger charge is -2.42. The topological polar surface area (TPSA) is 58.6 Å². The minimum Gasteiger partial charge on any atom is -0.379 e. The maximum Gasteiger partial charge on any atom is 0.408 e. The fraction of sp³-hybridized carbons (Fsp3) is 0.846. The van der Waals surface area contributed by atoms with Crippen molar-refractivity contribution < 1.29 is 27.5 Å². The number of nitrogens with one attached hydrogen (secondary N) is 1. The molecule has 2 rings (SSSR count). The Morgan fingerprint density at radius 1 is 1.29 bits per heavy atom. The Bertz CT molecular complexity index is 435. The number of hydrogen-bond acceptors (Lipinski definition) is 3. The average molecular weight is 308 g/mol. The van der Waals surface area contributed by atoms with Gasteiger partial charge in [-0.05, 0) is 19.8 Å². The van der Waals surface area contributed by atoms with Crippen molar-refractivity contribution in [1.29, 1.82) is 0 Å². The van der Waals surface area contributed by atoms with E-state index in [0.717, 1.165) is 11.8 Å².